The van der Waals surface area contributed by atoms with Gasteiger partial charge in [-0.05, 0) is 68.7 Å². The van der Waals surface area contributed by atoms with Crippen LogP contribution in [0.2, 0.25) is 0 Å². The van der Waals surface area contributed by atoms with Gasteiger partial charge in [0, 0.05) is 18.6 Å². The highest BCUT2D eigenvalue weighted by Gasteiger charge is 2.67. The number of rotatable bonds is 3. The largest absolute Gasteiger partial charge is 0.381 e. The molecule has 1 saturated carbocycles. The number of nitriles is 1. The summed E-state index contributed by atoms with van der Waals surface area (Å²) in [5.41, 5.74) is 7.57. The quantitative estimate of drug-likeness (QED) is 0.873. The van der Waals surface area contributed by atoms with Crippen LogP contribution in [-0.2, 0) is 21.5 Å². The van der Waals surface area contributed by atoms with Gasteiger partial charge in [0.25, 0.3) is 5.91 Å². The van der Waals surface area contributed by atoms with Crippen molar-refractivity contribution in [2.45, 2.75) is 70.1 Å². The van der Waals surface area contributed by atoms with Crippen LogP contribution in [-0.4, -0.2) is 36.0 Å². The number of ether oxygens (including phenoxy) is 1. The number of hydrogen-bond acceptors (Lipinski definition) is 5. The summed E-state index contributed by atoms with van der Waals surface area (Å²) in [6, 6.07) is 7.91. The van der Waals surface area contributed by atoms with Crippen LogP contribution in [0.4, 0.5) is 0 Å². The number of benzene rings is 1. The molecule has 1 fully saturated rings. The zero-order valence-corrected chi connectivity index (χ0v) is 16.9. The van der Waals surface area contributed by atoms with Gasteiger partial charge in [-0.2, -0.15) is 5.26 Å². The van der Waals surface area contributed by atoms with Crippen LogP contribution in [0.5, 0.6) is 0 Å². The molecule has 2 unspecified atom stereocenters. The monoisotopic (exact) mass is 380 g/mol. The van der Waals surface area contributed by atoms with Crippen LogP contribution >= 0.6 is 0 Å². The number of fused-ring (bicyclic) bond motifs is 3. The van der Waals surface area contributed by atoms with E-state index >= 15 is 0 Å². The molecule has 2 aliphatic carbocycles. The second-order valence-electron chi connectivity index (χ2n) is 8.49. The molecule has 4 rings (SSSR count). The van der Waals surface area contributed by atoms with Crippen molar-refractivity contribution in [3.63, 3.8) is 0 Å². The fraction of sp³-hybridized carbons (Fsp3) is 0.591. The molecule has 0 radical (unpaired) electrons. The highest BCUT2D eigenvalue weighted by molar-refractivity contribution is 6.08. The first-order valence-electron chi connectivity index (χ1n) is 10.2. The Morgan fingerprint density at radius 1 is 1.43 bits per heavy atom. The summed E-state index contributed by atoms with van der Waals surface area (Å²) in [4.78, 5) is 20.5. The Balaban J connectivity index is 1.89. The van der Waals surface area contributed by atoms with Gasteiger partial charge < -0.3 is 10.5 Å². The van der Waals surface area contributed by atoms with E-state index in [-0.39, 0.29) is 23.5 Å². The van der Waals surface area contributed by atoms with Crippen molar-refractivity contribution < 1.29 is 9.53 Å². The summed E-state index contributed by atoms with van der Waals surface area (Å²) in [6.45, 7) is 4.06. The minimum atomic E-state index is -1.01. The summed E-state index contributed by atoms with van der Waals surface area (Å²) in [7, 11) is 1.75. The first-order valence-corrected chi connectivity index (χ1v) is 10.2. The number of hydrogen-bond donors (Lipinski definition) is 1. The van der Waals surface area contributed by atoms with Crippen LogP contribution < -0.4 is 5.73 Å². The second-order valence-corrected chi connectivity index (χ2v) is 8.49. The molecule has 2 N–H and O–H groups in total. The standard InChI is InChI=1S/C22H28N4O2/c1-4-14(2)26-19(27)22(25-20(26)24)18-11-15(13-23)5-6-16(18)12-21(22)9-7-17(28-3)8-10-21/h5-6,11,14,17H,4,7-10,12H2,1-3H3,(H2,24,25)/t14?,17-,21-,22?. The fourth-order valence-corrected chi connectivity index (χ4v) is 5.51. The van der Waals surface area contributed by atoms with Crippen molar-refractivity contribution in [2.24, 2.45) is 16.1 Å². The van der Waals surface area contributed by atoms with Crippen LogP contribution in [0.25, 0.3) is 0 Å². The summed E-state index contributed by atoms with van der Waals surface area (Å²) in [5, 5.41) is 9.44. The molecule has 148 valence electrons. The molecule has 1 aromatic rings. The van der Waals surface area contributed by atoms with Gasteiger partial charge >= 0.3 is 0 Å². The second kappa shape index (κ2) is 6.59. The van der Waals surface area contributed by atoms with Gasteiger partial charge in [-0.3, -0.25) is 9.69 Å². The molecule has 1 heterocycles. The topological polar surface area (TPSA) is 91.7 Å². The Hall–Kier alpha value is -2.39. The molecule has 2 atom stereocenters. The summed E-state index contributed by atoms with van der Waals surface area (Å²) in [5.74, 6) is 0.284. The highest BCUT2D eigenvalue weighted by atomic mass is 16.5. The lowest BCUT2D eigenvalue weighted by Gasteiger charge is -2.45. The van der Waals surface area contributed by atoms with E-state index in [0.29, 0.717) is 11.5 Å². The van der Waals surface area contributed by atoms with Gasteiger partial charge in [-0.25, -0.2) is 4.99 Å². The molecule has 3 aliphatic rings. The Morgan fingerprint density at radius 2 is 2.14 bits per heavy atom. The number of carbonyl (C=O) groups is 1. The number of carbonyl (C=O) groups excluding carboxylic acids is 1. The molecule has 1 amide bonds. The smallest absolute Gasteiger partial charge is 0.262 e. The minimum absolute atomic E-state index is 0.00816. The predicted molar refractivity (Wildman–Crippen MR) is 106 cm³/mol. The average molecular weight is 380 g/mol. The molecular formula is C22H28N4O2. The van der Waals surface area contributed by atoms with Crippen molar-refractivity contribution in [3.05, 3.63) is 34.9 Å². The zero-order valence-electron chi connectivity index (χ0n) is 16.9. The van der Waals surface area contributed by atoms with Crippen molar-refractivity contribution in [3.8, 4) is 6.07 Å². The number of amides is 1. The molecule has 0 saturated heterocycles. The van der Waals surface area contributed by atoms with Gasteiger partial charge in [-0.15, -0.1) is 0 Å². The Bertz CT molecular complexity index is 879. The number of aliphatic imine (C=N–C) groups is 1. The van der Waals surface area contributed by atoms with Crippen molar-refractivity contribution in [1.82, 2.24) is 4.90 Å². The molecule has 0 aromatic heterocycles. The lowest BCUT2D eigenvalue weighted by molar-refractivity contribution is -0.139. The molecule has 6 heteroatoms. The molecule has 2 spiro atoms. The van der Waals surface area contributed by atoms with E-state index in [1.165, 1.54) is 0 Å². The Morgan fingerprint density at radius 3 is 2.75 bits per heavy atom. The Kier molecular flexibility index (Phi) is 4.46. The highest BCUT2D eigenvalue weighted by Crippen LogP contribution is 2.62. The van der Waals surface area contributed by atoms with Gasteiger partial charge in [0.15, 0.2) is 11.5 Å². The van der Waals surface area contributed by atoms with E-state index in [4.69, 9.17) is 15.5 Å². The SMILES string of the molecule is CCC(C)N1C(=O)C2(N=C1N)c1cc(C#N)ccc1C[C@]21CC[C@@H](OC)CC1. The minimum Gasteiger partial charge on any atom is -0.381 e. The molecule has 1 aromatic carbocycles. The van der Waals surface area contributed by atoms with E-state index in [1.807, 2.05) is 32.0 Å². The molecule has 0 bridgehead atoms. The van der Waals surface area contributed by atoms with Gasteiger partial charge in [-0.1, -0.05) is 13.0 Å². The van der Waals surface area contributed by atoms with E-state index < -0.39 is 5.54 Å². The number of nitrogens with zero attached hydrogens (tertiary/aromatic N) is 3. The summed E-state index contributed by atoms with van der Waals surface area (Å²) < 4.78 is 5.58. The van der Waals surface area contributed by atoms with E-state index in [0.717, 1.165) is 49.7 Å². The third kappa shape index (κ3) is 2.35. The van der Waals surface area contributed by atoms with Gasteiger partial charge in [0.2, 0.25) is 0 Å². The van der Waals surface area contributed by atoms with Crippen molar-refractivity contribution >= 4 is 11.9 Å². The molecular weight excluding hydrogens is 352 g/mol. The maximum Gasteiger partial charge on any atom is 0.262 e. The third-order valence-electron chi connectivity index (χ3n) is 7.24. The number of nitrogens with two attached hydrogens (primary N) is 1. The van der Waals surface area contributed by atoms with Crippen LogP contribution in [0.15, 0.2) is 23.2 Å². The van der Waals surface area contributed by atoms with Gasteiger partial charge in [0.1, 0.15) is 0 Å². The molecule has 6 nitrogen and oxygen atoms in total. The van der Waals surface area contributed by atoms with Gasteiger partial charge in [0.05, 0.1) is 17.7 Å². The van der Waals surface area contributed by atoms with E-state index in [1.54, 1.807) is 12.0 Å². The number of guanidine groups is 1. The first-order chi connectivity index (χ1) is 13.4. The first kappa shape index (κ1) is 18.9. The van der Waals surface area contributed by atoms with Crippen LogP contribution in [0.3, 0.4) is 0 Å². The van der Waals surface area contributed by atoms with E-state index in [9.17, 15) is 10.1 Å². The van der Waals surface area contributed by atoms with Crippen molar-refractivity contribution in [2.75, 3.05) is 7.11 Å². The third-order valence-corrected chi connectivity index (χ3v) is 7.24. The van der Waals surface area contributed by atoms with Crippen LogP contribution in [0.1, 0.15) is 62.6 Å². The normalized spacial score (nSPS) is 32.5. The lowest BCUT2D eigenvalue weighted by Crippen LogP contribution is -2.53. The van der Waals surface area contributed by atoms with E-state index in [2.05, 4.69) is 6.07 Å². The zero-order chi connectivity index (χ0) is 20.1. The number of methoxy groups -OCH3 is 1. The maximum atomic E-state index is 13.9. The lowest BCUT2D eigenvalue weighted by atomic mass is 9.61. The fourth-order valence-electron chi connectivity index (χ4n) is 5.51. The summed E-state index contributed by atoms with van der Waals surface area (Å²) in [6.07, 6.45) is 5.36. The maximum absolute atomic E-state index is 13.9. The summed E-state index contributed by atoms with van der Waals surface area (Å²) >= 11 is 0. The molecule has 1 aliphatic heterocycles. The van der Waals surface area contributed by atoms with Crippen LogP contribution in [0, 0.1) is 16.7 Å². The van der Waals surface area contributed by atoms with Crippen molar-refractivity contribution in [1.29, 1.82) is 5.26 Å². The molecule has 28 heavy (non-hydrogen) atoms. The average Bonchev–Trinajstić information content (AvgIpc) is 3.13. The Labute approximate surface area is 166 Å². The predicted octanol–water partition coefficient (Wildman–Crippen LogP) is 2.84.